The van der Waals surface area contributed by atoms with E-state index in [-0.39, 0.29) is 0 Å². The van der Waals surface area contributed by atoms with Crippen LogP contribution >= 0.6 is 0 Å². The summed E-state index contributed by atoms with van der Waals surface area (Å²) in [6.45, 7) is 3.56. The van der Waals surface area contributed by atoms with E-state index < -0.39 is 0 Å². The minimum Gasteiger partial charge on any atom is -0.344 e. The van der Waals surface area contributed by atoms with Gasteiger partial charge in [-0.15, -0.1) is 0 Å². The molecular weight excluding hydrogens is 286 g/mol. The van der Waals surface area contributed by atoms with E-state index in [4.69, 9.17) is 5.73 Å². The molecule has 4 heteroatoms. The molecule has 130 valence electrons. The Morgan fingerprint density at radius 2 is 1.61 bits per heavy atom. The van der Waals surface area contributed by atoms with Crippen molar-refractivity contribution in [2.75, 3.05) is 33.2 Å². The highest BCUT2D eigenvalue weighted by Crippen LogP contribution is 2.60. The summed E-state index contributed by atoms with van der Waals surface area (Å²) in [6.07, 6.45) is 10.7. The fraction of sp³-hybridized carbons (Fsp3) is 0.947. The summed E-state index contributed by atoms with van der Waals surface area (Å²) in [5.41, 5.74) is 6.42. The van der Waals surface area contributed by atoms with Gasteiger partial charge >= 0.3 is 0 Å². The first kappa shape index (κ1) is 15.9. The van der Waals surface area contributed by atoms with Crippen LogP contribution in [-0.4, -0.2) is 55.0 Å². The molecule has 5 aliphatic rings. The summed E-state index contributed by atoms with van der Waals surface area (Å²) in [7, 11) is 2.04. The van der Waals surface area contributed by atoms with E-state index in [1.165, 1.54) is 38.5 Å². The van der Waals surface area contributed by atoms with Crippen LogP contribution in [0, 0.1) is 23.2 Å². The molecule has 4 nitrogen and oxygen atoms in total. The van der Waals surface area contributed by atoms with Gasteiger partial charge in [-0.05, 0) is 74.5 Å². The largest absolute Gasteiger partial charge is 0.344 e. The lowest BCUT2D eigenvalue weighted by Gasteiger charge is -2.57. The van der Waals surface area contributed by atoms with E-state index in [1.54, 1.807) is 0 Å². The Hall–Kier alpha value is -0.610. The quantitative estimate of drug-likeness (QED) is 0.863. The smallest absolute Gasteiger partial charge is 0.236 e. The average Bonchev–Trinajstić information content (AvgIpc) is 2.47. The number of hydrogen-bond donors (Lipinski definition) is 1. The van der Waals surface area contributed by atoms with Gasteiger partial charge < -0.3 is 10.6 Å². The van der Waals surface area contributed by atoms with Gasteiger partial charge in [0.2, 0.25) is 5.91 Å². The van der Waals surface area contributed by atoms with Crippen molar-refractivity contribution in [1.29, 1.82) is 0 Å². The first-order valence-electron chi connectivity index (χ1n) is 9.73. The van der Waals surface area contributed by atoms with E-state index in [0.29, 0.717) is 23.9 Å². The molecule has 1 saturated heterocycles. The van der Waals surface area contributed by atoms with Gasteiger partial charge in [0.25, 0.3) is 0 Å². The fourth-order valence-corrected chi connectivity index (χ4v) is 6.50. The van der Waals surface area contributed by atoms with Crippen molar-refractivity contribution in [1.82, 2.24) is 9.80 Å². The number of carbonyl (C=O) groups excluding carboxylic acids is 1. The Morgan fingerprint density at radius 3 is 2.13 bits per heavy atom. The molecule has 0 radical (unpaired) electrons. The van der Waals surface area contributed by atoms with Crippen molar-refractivity contribution >= 4 is 5.91 Å². The Labute approximate surface area is 140 Å². The molecule has 2 N–H and O–H groups in total. The van der Waals surface area contributed by atoms with Gasteiger partial charge in [-0.1, -0.05) is 0 Å². The molecule has 0 spiro atoms. The van der Waals surface area contributed by atoms with Crippen molar-refractivity contribution in [3.63, 3.8) is 0 Å². The van der Waals surface area contributed by atoms with Crippen LogP contribution in [0.3, 0.4) is 0 Å². The van der Waals surface area contributed by atoms with Crippen LogP contribution in [0.1, 0.15) is 51.4 Å². The van der Waals surface area contributed by atoms with E-state index >= 15 is 0 Å². The molecule has 0 atom stereocenters. The van der Waals surface area contributed by atoms with Gasteiger partial charge in [0.15, 0.2) is 0 Å². The van der Waals surface area contributed by atoms with Crippen LogP contribution in [0.25, 0.3) is 0 Å². The number of hydrogen-bond acceptors (Lipinski definition) is 3. The minimum atomic E-state index is 0.316. The SMILES string of the molecule is CN(CC12CC3CC(CC(C3)C1)C2)C(=O)CN1CCC(N)CC1. The van der Waals surface area contributed by atoms with E-state index in [0.717, 1.165) is 50.2 Å². The number of carbonyl (C=O) groups is 1. The van der Waals surface area contributed by atoms with Gasteiger partial charge in [0.05, 0.1) is 6.54 Å². The molecule has 0 aromatic rings. The van der Waals surface area contributed by atoms with Gasteiger partial charge in [0.1, 0.15) is 0 Å². The maximum atomic E-state index is 12.7. The summed E-state index contributed by atoms with van der Waals surface area (Å²) >= 11 is 0. The second-order valence-electron chi connectivity index (χ2n) is 9.28. The molecule has 5 fully saturated rings. The molecule has 1 heterocycles. The number of nitrogens with two attached hydrogens (primary N) is 1. The van der Waals surface area contributed by atoms with Crippen LogP contribution in [0.2, 0.25) is 0 Å². The standard InChI is InChI=1S/C19H33N3O/c1-21(18(23)12-22-4-2-17(20)3-5-22)13-19-9-14-6-15(10-19)8-16(7-14)11-19/h14-17H,2-13,20H2,1H3. The maximum Gasteiger partial charge on any atom is 0.236 e. The van der Waals surface area contributed by atoms with E-state index in [1.807, 2.05) is 7.05 Å². The van der Waals surface area contributed by atoms with Gasteiger partial charge in [-0.25, -0.2) is 0 Å². The molecule has 0 aromatic carbocycles. The Morgan fingerprint density at radius 1 is 1.09 bits per heavy atom. The molecule has 0 unspecified atom stereocenters. The lowest BCUT2D eigenvalue weighted by atomic mass is 9.49. The molecule has 4 aliphatic carbocycles. The third-order valence-corrected chi connectivity index (χ3v) is 7.15. The zero-order chi connectivity index (χ0) is 16.0. The summed E-state index contributed by atoms with van der Waals surface area (Å²) in [5, 5.41) is 0. The fourth-order valence-electron chi connectivity index (χ4n) is 6.50. The number of likely N-dealkylation sites (N-methyl/N-ethyl adjacent to an activating group) is 1. The molecule has 23 heavy (non-hydrogen) atoms. The van der Waals surface area contributed by atoms with Crippen molar-refractivity contribution < 1.29 is 4.79 Å². The first-order chi connectivity index (χ1) is 11.0. The van der Waals surface area contributed by atoms with Crippen molar-refractivity contribution in [3.8, 4) is 0 Å². The molecule has 4 bridgehead atoms. The Bertz CT molecular complexity index is 420. The average molecular weight is 319 g/mol. The maximum absolute atomic E-state index is 12.7. The molecule has 5 rings (SSSR count). The van der Waals surface area contributed by atoms with Gasteiger partial charge in [0, 0.05) is 32.7 Å². The summed E-state index contributed by atoms with van der Waals surface area (Å²) in [5.74, 6) is 3.21. The van der Waals surface area contributed by atoms with Crippen LogP contribution in [0.15, 0.2) is 0 Å². The highest BCUT2D eigenvalue weighted by molar-refractivity contribution is 5.78. The normalized spacial score (nSPS) is 40.5. The second-order valence-corrected chi connectivity index (χ2v) is 9.28. The van der Waals surface area contributed by atoms with Crippen LogP contribution < -0.4 is 5.73 Å². The number of amides is 1. The molecule has 0 aromatic heterocycles. The zero-order valence-corrected chi connectivity index (χ0v) is 14.7. The predicted molar refractivity (Wildman–Crippen MR) is 91.9 cm³/mol. The Balaban J connectivity index is 1.32. The molecule has 1 aliphatic heterocycles. The molecule has 4 saturated carbocycles. The first-order valence-corrected chi connectivity index (χ1v) is 9.73. The van der Waals surface area contributed by atoms with Crippen LogP contribution in [-0.2, 0) is 4.79 Å². The van der Waals surface area contributed by atoms with E-state index in [9.17, 15) is 4.79 Å². The number of likely N-dealkylation sites (tertiary alicyclic amines) is 1. The summed E-state index contributed by atoms with van der Waals surface area (Å²) in [4.78, 5) is 17.0. The number of nitrogens with zero attached hydrogens (tertiary/aromatic N) is 2. The highest BCUT2D eigenvalue weighted by atomic mass is 16.2. The lowest BCUT2D eigenvalue weighted by molar-refractivity contribution is -0.136. The zero-order valence-electron chi connectivity index (χ0n) is 14.7. The van der Waals surface area contributed by atoms with Gasteiger partial charge in [-0.3, -0.25) is 9.69 Å². The topological polar surface area (TPSA) is 49.6 Å². The monoisotopic (exact) mass is 319 g/mol. The minimum absolute atomic E-state index is 0.316. The summed E-state index contributed by atoms with van der Waals surface area (Å²) < 4.78 is 0. The van der Waals surface area contributed by atoms with Crippen LogP contribution in [0.5, 0.6) is 0 Å². The van der Waals surface area contributed by atoms with Crippen molar-refractivity contribution in [2.45, 2.75) is 57.4 Å². The Kier molecular flexibility index (Phi) is 4.17. The third kappa shape index (κ3) is 3.30. The predicted octanol–water partition coefficient (Wildman–Crippen LogP) is 2.08. The highest BCUT2D eigenvalue weighted by Gasteiger charge is 2.51. The van der Waals surface area contributed by atoms with E-state index in [2.05, 4.69) is 9.80 Å². The summed E-state index contributed by atoms with van der Waals surface area (Å²) in [6, 6.07) is 0.339. The second kappa shape index (κ2) is 6.03. The molecular formula is C19H33N3O. The number of piperidine rings is 1. The van der Waals surface area contributed by atoms with Crippen LogP contribution in [0.4, 0.5) is 0 Å². The third-order valence-electron chi connectivity index (χ3n) is 7.15. The lowest BCUT2D eigenvalue weighted by Crippen LogP contribution is -2.52. The van der Waals surface area contributed by atoms with Crippen molar-refractivity contribution in [3.05, 3.63) is 0 Å². The number of rotatable bonds is 4. The van der Waals surface area contributed by atoms with Crippen molar-refractivity contribution in [2.24, 2.45) is 28.9 Å². The van der Waals surface area contributed by atoms with Gasteiger partial charge in [-0.2, -0.15) is 0 Å². The molecule has 1 amide bonds.